The summed E-state index contributed by atoms with van der Waals surface area (Å²) in [5.74, 6) is 0.378. The van der Waals surface area contributed by atoms with E-state index >= 15 is 0 Å². The van der Waals surface area contributed by atoms with Crippen LogP contribution in [0.5, 0.6) is 0 Å². The second-order valence-electron chi connectivity index (χ2n) is 7.90. The van der Waals surface area contributed by atoms with Gasteiger partial charge in [0.1, 0.15) is 5.82 Å². The summed E-state index contributed by atoms with van der Waals surface area (Å²) in [6.07, 6.45) is 3.45. The number of hydrogen-bond donors (Lipinski definition) is 2. The largest absolute Gasteiger partial charge is 0.326 e. The van der Waals surface area contributed by atoms with Crippen molar-refractivity contribution in [3.05, 3.63) is 64.2 Å². The number of carbonyl (C=O) groups excluding carboxylic acids is 1. The second kappa shape index (κ2) is 8.14. The van der Waals surface area contributed by atoms with Crippen molar-refractivity contribution in [1.82, 2.24) is 9.55 Å². The number of sulfonamides is 1. The van der Waals surface area contributed by atoms with Gasteiger partial charge in [0, 0.05) is 24.6 Å². The van der Waals surface area contributed by atoms with Crippen molar-refractivity contribution in [2.45, 2.75) is 38.6 Å². The quantitative estimate of drug-likeness (QED) is 0.587. The molecule has 0 unspecified atom stereocenters. The van der Waals surface area contributed by atoms with Crippen molar-refractivity contribution in [1.29, 1.82) is 0 Å². The molecule has 8 nitrogen and oxygen atoms in total. The van der Waals surface area contributed by atoms with Crippen molar-refractivity contribution in [3.8, 4) is 0 Å². The van der Waals surface area contributed by atoms with E-state index in [1.165, 1.54) is 0 Å². The van der Waals surface area contributed by atoms with Crippen molar-refractivity contribution in [2.24, 2.45) is 0 Å². The maximum atomic E-state index is 12.9. The first-order valence-corrected chi connectivity index (χ1v) is 12.0. The number of rotatable bonds is 7. The average molecular weight is 441 g/mol. The molecule has 31 heavy (non-hydrogen) atoms. The highest BCUT2D eigenvalue weighted by atomic mass is 32.2. The lowest BCUT2D eigenvalue weighted by Crippen LogP contribution is -2.25. The smallest absolute Gasteiger partial charge is 0.261 e. The molecule has 1 aliphatic rings. The van der Waals surface area contributed by atoms with Gasteiger partial charge in [0.05, 0.1) is 22.8 Å². The number of fused-ring (bicyclic) bond motifs is 1. The molecule has 2 aromatic carbocycles. The van der Waals surface area contributed by atoms with Gasteiger partial charge in [-0.2, -0.15) is 0 Å². The van der Waals surface area contributed by atoms with Crippen LogP contribution in [0.3, 0.4) is 0 Å². The third kappa shape index (κ3) is 4.93. The summed E-state index contributed by atoms with van der Waals surface area (Å²) in [6, 6.07) is 12.4. The fraction of sp³-hybridized carbons (Fsp3) is 0.318. The van der Waals surface area contributed by atoms with Gasteiger partial charge in [-0.3, -0.25) is 18.9 Å². The lowest BCUT2D eigenvalue weighted by molar-refractivity contribution is -0.116. The van der Waals surface area contributed by atoms with E-state index in [1.54, 1.807) is 41.8 Å². The summed E-state index contributed by atoms with van der Waals surface area (Å²) >= 11 is 0. The predicted molar refractivity (Wildman–Crippen MR) is 121 cm³/mol. The molecule has 2 N–H and O–H groups in total. The molecule has 1 aliphatic carbocycles. The second-order valence-corrected chi connectivity index (χ2v) is 9.65. The molecular weight excluding hydrogens is 416 g/mol. The molecular formula is C22H24N4O4S. The third-order valence-corrected chi connectivity index (χ3v) is 5.78. The van der Waals surface area contributed by atoms with Crippen LogP contribution in [0.1, 0.15) is 36.7 Å². The Morgan fingerprint density at radius 2 is 1.94 bits per heavy atom. The van der Waals surface area contributed by atoms with Crippen LogP contribution in [-0.4, -0.2) is 30.1 Å². The topological polar surface area (TPSA) is 110 Å². The molecule has 9 heteroatoms. The lowest BCUT2D eigenvalue weighted by atomic mass is 10.2. The van der Waals surface area contributed by atoms with Gasteiger partial charge >= 0.3 is 0 Å². The zero-order chi connectivity index (χ0) is 22.2. The molecule has 1 fully saturated rings. The first-order chi connectivity index (χ1) is 14.7. The van der Waals surface area contributed by atoms with E-state index in [-0.39, 0.29) is 23.9 Å². The predicted octanol–water partition coefficient (Wildman–Crippen LogP) is 2.98. The highest BCUT2D eigenvalue weighted by molar-refractivity contribution is 7.92. The van der Waals surface area contributed by atoms with Crippen LogP contribution in [0.15, 0.2) is 47.3 Å². The zero-order valence-electron chi connectivity index (χ0n) is 17.4. The van der Waals surface area contributed by atoms with E-state index in [1.807, 2.05) is 12.1 Å². The molecule has 1 saturated carbocycles. The van der Waals surface area contributed by atoms with Crippen LogP contribution in [0.25, 0.3) is 10.9 Å². The summed E-state index contributed by atoms with van der Waals surface area (Å²) in [7, 11) is -3.42. The van der Waals surface area contributed by atoms with Gasteiger partial charge in [0.2, 0.25) is 15.9 Å². The maximum absolute atomic E-state index is 12.9. The van der Waals surface area contributed by atoms with Crippen LogP contribution < -0.4 is 15.6 Å². The SMILES string of the molecule is Cc1ccc(NC(=O)CCc2nc3ccccc3c(=O)n2C2CC2)cc1NS(C)(=O)=O. The van der Waals surface area contributed by atoms with E-state index in [0.29, 0.717) is 34.5 Å². The minimum absolute atomic E-state index is 0.0569. The molecule has 4 rings (SSSR count). The first-order valence-electron chi connectivity index (χ1n) is 10.1. The monoisotopic (exact) mass is 440 g/mol. The van der Waals surface area contributed by atoms with Crippen molar-refractivity contribution in [2.75, 3.05) is 16.3 Å². The summed E-state index contributed by atoms with van der Waals surface area (Å²) in [4.78, 5) is 30.1. The van der Waals surface area contributed by atoms with E-state index in [0.717, 1.165) is 24.7 Å². The Labute approximate surface area is 180 Å². The molecule has 1 aromatic heterocycles. The lowest BCUT2D eigenvalue weighted by Gasteiger charge is -2.13. The van der Waals surface area contributed by atoms with Crippen LogP contribution in [0.2, 0.25) is 0 Å². The van der Waals surface area contributed by atoms with Crippen LogP contribution in [0, 0.1) is 6.92 Å². The van der Waals surface area contributed by atoms with E-state index < -0.39 is 10.0 Å². The molecule has 0 atom stereocenters. The number of para-hydroxylation sites is 1. The number of nitrogens with one attached hydrogen (secondary N) is 2. The number of benzene rings is 2. The first kappa shape index (κ1) is 21.0. The standard InChI is InChI=1S/C22H24N4O4S/c1-14-7-8-15(13-19(14)25-31(2,29)30)23-21(27)12-11-20-24-18-6-4-3-5-17(18)22(28)26(20)16-9-10-16/h3-8,13,16,25H,9-12H2,1-2H3,(H,23,27). The van der Waals surface area contributed by atoms with Gasteiger partial charge in [-0.25, -0.2) is 13.4 Å². The van der Waals surface area contributed by atoms with Crippen molar-refractivity contribution >= 4 is 38.2 Å². The normalized spacial score (nSPS) is 13.9. The molecule has 1 heterocycles. The fourth-order valence-corrected chi connectivity index (χ4v) is 4.16. The van der Waals surface area contributed by atoms with Gasteiger partial charge in [0.15, 0.2) is 0 Å². The summed E-state index contributed by atoms with van der Waals surface area (Å²) in [5, 5.41) is 3.38. The molecule has 0 saturated heterocycles. The van der Waals surface area contributed by atoms with Gasteiger partial charge in [-0.1, -0.05) is 18.2 Å². The summed E-state index contributed by atoms with van der Waals surface area (Å²) < 4.78 is 27.2. The molecule has 3 aromatic rings. The van der Waals surface area contributed by atoms with Crippen LogP contribution in [-0.2, 0) is 21.2 Å². The molecule has 1 amide bonds. The number of anilines is 2. The average Bonchev–Trinajstić information content (AvgIpc) is 3.53. The Hall–Kier alpha value is -3.20. The minimum Gasteiger partial charge on any atom is -0.326 e. The fourth-order valence-electron chi connectivity index (χ4n) is 3.54. The van der Waals surface area contributed by atoms with Crippen LogP contribution in [0.4, 0.5) is 11.4 Å². The minimum atomic E-state index is -3.42. The highest BCUT2D eigenvalue weighted by Gasteiger charge is 2.28. The molecule has 0 radical (unpaired) electrons. The number of carbonyl (C=O) groups is 1. The van der Waals surface area contributed by atoms with E-state index in [4.69, 9.17) is 0 Å². The Morgan fingerprint density at radius 1 is 1.19 bits per heavy atom. The summed E-state index contributed by atoms with van der Waals surface area (Å²) in [6.45, 7) is 1.78. The summed E-state index contributed by atoms with van der Waals surface area (Å²) in [5.41, 5.74) is 2.23. The molecule has 0 bridgehead atoms. The van der Waals surface area contributed by atoms with Gasteiger partial charge in [0.25, 0.3) is 5.56 Å². The Morgan fingerprint density at radius 3 is 2.65 bits per heavy atom. The highest BCUT2D eigenvalue weighted by Crippen LogP contribution is 2.35. The Bertz CT molecular complexity index is 1330. The van der Waals surface area contributed by atoms with E-state index in [9.17, 15) is 18.0 Å². The van der Waals surface area contributed by atoms with E-state index in [2.05, 4.69) is 15.0 Å². The third-order valence-electron chi connectivity index (χ3n) is 5.19. The number of aromatic nitrogens is 2. The zero-order valence-corrected chi connectivity index (χ0v) is 18.2. The number of aryl methyl sites for hydroxylation is 2. The number of nitrogens with zero attached hydrogens (tertiary/aromatic N) is 2. The van der Waals surface area contributed by atoms with Gasteiger partial charge in [-0.15, -0.1) is 0 Å². The van der Waals surface area contributed by atoms with Crippen molar-refractivity contribution in [3.63, 3.8) is 0 Å². The molecule has 0 spiro atoms. The molecule has 162 valence electrons. The molecule has 0 aliphatic heterocycles. The van der Waals surface area contributed by atoms with Crippen molar-refractivity contribution < 1.29 is 13.2 Å². The Balaban J connectivity index is 1.51. The van der Waals surface area contributed by atoms with Gasteiger partial charge in [-0.05, 0) is 49.6 Å². The number of hydrogen-bond acceptors (Lipinski definition) is 5. The van der Waals surface area contributed by atoms with Crippen LogP contribution >= 0.6 is 0 Å². The maximum Gasteiger partial charge on any atom is 0.261 e. The van der Waals surface area contributed by atoms with Gasteiger partial charge < -0.3 is 5.32 Å². The number of amides is 1. The Kier molecular flexibility index (Phi) is 5.53.